The molecule has 2 heterocycles. The molecule has 1 atom stereocenters. The predicted molar refractivity (Wildman–Crippen MR) is 72.4 cm³/mol. The summed E-state index contributed by atoms with van der Waals surface area (Å²) in [5.41, 5.74) is 2.13. The first-order valence-electron chi connectivity index (χ1n) is 5.36. The van der Waals surface area contributed by atoms with Crippen molar-refractivity contribution in [3.63, 3.8) is 0 Å². The molecule has 2 aromatic heterocycles. The van der Waals surface area contributed by atoms with E-state index in [0.29, 0.717) is 17.2 Å². The minimum Gasteiger partial charge on any atom is -0.381 e. The molecule has 2 rings (SSSR count). The van der Waals surface area contributed by atoms with Gasteiger partial charge in [-0.15, -0.1) is 22.7 Å². The SMILES string of the molecule is COC(C)Cc1scnc1C(=O)Nc1nccs1. The van der Waals surface area contributed by atoms with Gasteiger partial charge in [-0.05, 0) is 6.92 Å². The van der Waals surface area contributed by atoms with Crippen molar-refractivity contribution in [3.8, 4) is 0 Å². The first-order chi connectivity index (χ1) is 8.70. The van der Waals surface area contributed by atoms with E-state index in [2.05, 4.69) is 15.3 Å². The largest absolute Gasteiger partial charge is 0.381 e. The Morgan fingerprint density at radius 2 is 2.33 bits per heavy atom. The van der Waals surface area contributed by atoms with Crippen molar-refractivity contribution in [2.75, 3.05) is 12.4 Å². The minimum absolute atomic E-state index is 0.0665. The Labute approximate surface area is 113 Å². The fourth-order valence-electron chi connectivity index (χ4n) is 1.39. The lowest BCUT2D eigenvalue weighted by Crippen LogP contribution is -2.16. The van der Waals surface area contributed by atoms with Crippen LogP contribution in [0, 0.1) is 0 Å². The van der Waals surface area contributed by atoms with Gasteiger partial charge in [0.05, 0.1) is 11.6 Å². The molecule has 2 aromatic rings. The molecule has 0 radical (unpaired) electrons. The number of methoxy groups -OCH3 is 1. The van der Waals surface area contributed by atoms with E-state index in [4.69, 9.17) is 4.74 Å². The molecular weight excluding hydrogens is 270 g/mol. The van der Waals surface area contributed by atoms with E-state index in [1.807, 2.05) is 12.3 Å². The highest BCUT2D eigenvalue weighted by Gasteiger charge is 2.17. The van der Waals surface area contributed by atoms with Crippen LogP contribution in [0.4, 0.5) is 5.13 Å². The second-order valence-electron chi connectivity index (χ2n) is 3.67. The molecule has 1 N–H and O–H groups in total. The highest BCUT2D eigenvalue weighted by atomic mass is 32.1. The third-order valence-electron chi connectivity index (χ3n) is 2.38. The zero-order valence-electron chi connectivity index (χ0n) is 10.0. The standard InChI is InChI=1S/C11H13N3O2S2/c1-7(16-2)5-8-9(13-6-18-8)10(15)14-11-12-3-4-17-11/h3-4,6-7H,5H2,1-2H3,(H,12,14,15). The van der Waals surface area contributed by atoms with Gasteiger partial charge in [-0.1, -0.05) is 0 Å². The van der Waals surface area contributed by atoms with Crippen LogP contribution in [-0.4, -0.2) is 29.1 Å². The maximum atomic E-state index is 12.0. The summed E-state index contributed by atoms with van der Waals surface area (Å²) < 4.78 is 5.20. The van der Waals surface area contributed by atoms with Gasteiger partial charge in [0.25, 0.3) is 5.91 Å². The second kappa shape index (κ2) is 6.03. The lowest BCUT2D eigenvalue weighted by Gasteiger charge is -2.08. The van der Waals surface area contributed by atoms with Gasteiger partial charge in [0.15, 0.2) is 5.13 Å². The van der Waals surface area contributed by atoms with Crippen LogP contribution in [0.15, 0.2) is 17.1 Å². The highest BCUT2D eigenvalue weighted by molar-refractivity contribution is 7.13. The topological polar surface area (TPSA) is 64.1 Å². The number of ether oxygens (including phenoxy) is 1. The molecule has 7 heteroatoms. The third kappa shape index (κ3) is 3.12. The van der Waals surface area contributed by atoms with Crippen LogP contribution in [0.1, 0.15) is 22.3 Å². The van der Waals surface area contributed by atoms with Gasteiger partial charge in [-0.3, -0.25) is 10.1 Å². The maximum Gasteiger partial charge on any atom is 0.277 e. The molecule has 0 fully saturated rings. The molecule has 1 unspecified atom stereocenters. The average Bonchev–Trinajstić information content (AvgIpc) is 3.00. The van der Waals surface area contributed by atoms with Gasteiger partial charge in [0.2, 0.25) is 0 Å². The van der Waals surface area contributed by atoms with E-state index in [-0.39, 0.29) is 12.0 Å². The molecule has 0 aliphatic heterocycles. The Kier molecular flexibility index (Phi) is 4.40. The summed E-state index contributed by atoms with van der Waals surface area (Å²) in [6.45, 7) is 1.96. The number of carbonyl (C=O) groups excluding carboxylic acids is 1. The monoisotopic (exact) mass is 283 g/mol. The van der Waals surface area contributed by atoms with Gasteiger partial charge in [0.1, 0.15) is 5.69 Å². The summed E-state index contributed by atoms with van der Waals surface area (Å²) in [5.74, 6) is -0.218. The number of thiazole rings is 2. The lowest BCUT2D eigenvalue weighted by atomic mass is 10.2. The molecule has 0 aliphatic rings. The van der Waals surface area contributed by atoms with Gasteiger partial charge >= 0.3 is 0 Å². The molecule has 0 bridgehead atoms. The van der Waals surface area contributed by atoms with Gasteiger partial charge in [-0.25, -0.2) is 9.97 Å². The van der Waals surface area contributed by atoms with E-state index >= 15 is 0 Å². The highest BCUT2D eigenvalue weighted by Crippen LogP contribution is 2.19. The van der Waals surface area contributed by atoms with Crippen LogP contribution < -0.4 is 5.32 Å². The fourth-order valence-corrected chi connectivity index (χ4v) is 2.78. The Morgan fingerprint density at radius 3 is 3.00 bits per heavy atom. The molecule has 5 nitrogen and oxygen atoms in total. The number of hydrogen-bond acceptors (Lipinski definition) is 6. The van der Waals surface area contributed by atoms with Crippen LogP contribution in [-0.2, 0) is 11.2 Å². The summed E-state index contributed by atoms with van der Waals surface area (Å²) in [6.07, 6.45) is 2.40. The summed E-state index contributed by atoms with van der Waals surface area (Å²) >= 11 is 2.85. The smallest absolute Gasteiger partial charge is 0.277 e. The molecule has 0 spiro atoms. The number of nitrogens with zero attached hydrogens (tertiary/aromatic N) is 2. The Hall–Kier alpha value is -1.31. The van der Waals surface area contributed by atoms with Gasteiger partial charge in [-0.2, -0.15) is 0 Å². The molecule has 0 aliphatic carbocycles. The van der Waals surface area contributed by atoms with Crippen LogP contribution in [0.3, 0.4) is 0 Å². The second-order valence-corrected chi connectivity index (χ2v) is 5.50. The van der Waals surface area contributed by atoms with E-state index < -0.39 is 0 Å². The predicted octanol–water partition coefficient (Wildman–Crippen LogP) is 2.43. The number of nitrogens with one attached hydrogen (secondary N) is 1. The molecule has 1 amide bonds. The van der Waals surface area contributed by atoms with Crippen molar-refractivity contribution < 1.29 is 9.53 Å². The van der Waals surface area contributed by atoms with Crippen LogP contribution in [0.2, 0.25) is 0 Å². The minimum atomic E-state index is -0.218. The fraction of sp³-hybridized carbons (Fsp3) is 0.364. The van der Waals surface area contributed by atoms with E-state index in [0.717, 1.165) is 4.88 Å². The summed E-state index contributed by atoms with van der Waals surface area (Å²) in [4.78, 5) is 21.1. The van der Waals surface area contributed by atoms with Crippen LogP contribution in [0.5, 0.6) is 0 Å². The van der Waals surface area contributed by atoms with Crippen LogP contribution >= 0.6 is 22.7 Å². The van der Waals surface area contributed by atoms with Crippen molar-refractivity contribution in [1.82, 2.24) is 9.97 Å². The maximum absolute atomic E-state index is 12.0. The number of anilines is 1. The summed E-state index contributed by atoms with van der Waals surface area (Å²) in [7, 11) is 1.65. The Morgan fingerprint density at radius 1 is 1.50 bits per heavy atom. The number of hydrogen-bond donors (Lipinski definition) is 1. The molecule has 0 aromatic carbocycles. The first kappa shape index (κ1) is 13.1. The quantitative estimate of drug-likeness (QED) is 0.915. The molecule has 18 heavy (non-hydrogen) atoms. The van der Waals surface area contributed by atoms with E-state index in [1.54, 1.807) is 18.8 Å². The Balaban J connectivity index is 2.08. The van der Waals surface area contributed by atoms with Crippen LogP contribution in [0.25, 0.3) is 0 Å². The van der Waals surface area contributed by atoms with Crippen molar-refractivity contribution in [2.24, 2.45) is 0 Å². The average molecular weight is 283 g/mol. The molecule has 0 saturated carbocycles. The Bertz CT molecular complexity index is 510. The van der Waals surface area contributed by atoms with Gasteiger partial charge in [0, 0.05) is 30.0 Å². The summed E-state index contributed by atoms with van der Waals surface area (Å²) in [6, 6.07) is 0. The zero-order valence-corrected chi connectivity index (χ0v) is 11.7. The first-order valence-corrected chi connectivity index (χ1v) is 7.12. The number of rotatable bonds is 5. The van der Waals surface area contributed by atoms with E-state index in [9.17, 15) is 4.79 Å². The molecular formula is C11H13N3O2S2. The summed E-state index contributed by atoms with van der Waals surface area (Å²) in [5, 5.41) is 5.12. The third-order valence-corrected chi connectivity index (χ3v) is 3.93. The number of amides is 1. The normalized spacial score (nSPS) is 12.3. The van der Waals surface area contributed by atoms with Crippen molar-refractivity contribution in [1.29, 1.82) is 0 Å². The number of carbonyl (C=O) groups is 1. The number of aromatic nitrogens is 2. The van der Waals surface area contributed by atoms with Crippen molar-refractivity contribution in [3.05, 3.63) is 27.7 Å². The van der Waals surface area contributed by atoms with Gasteiger partial charge < -0.3 is 4.74 Å². The molecule has 0 saturated heterocycles. The lowest BCUT2D eigenvalue weighted by molar-refractivity contribution is 0.101. The van der Waals surface area contributed by atoms with E-state index in [1.165, 1.54) is 22.7 Å². The van der Waals surface area contributed by atoms with Crippen molar-refractivity contribution in [2.45, 2.75) is 19.4 Å². The zero-order chi connectivity index (χ0) is 13.0. The molecule has 96 valence electrons. The van der Waals surface area contributed by atoms with Crippen molar-refractivity contribution >= 4 is 33.7 Å².